The summed E-state index contributed by atoms with van der Waals surface area (Å²) in [5.74, 6) is 2.44. The molecule has 1 aliphatic heterocycles. The molecular weight excluding hydrogens is 126 g/mol. The molecule has 3 nitrogen and oxygen atoms in total. The van der Waals surface area contributed by atoms with E-state index < -0.39 is 0 Å². The molecule has 1 heterocycles. The molecule has 0 radical (unpaired) electrons. The van der Waals surface area contributed by atoms with Crippen molar-refractivity contribution in [3.8, 4) is 18.4 Å². The maximum absolute atomic E-state index is 8.64. The molecule has 0 bridgehead atoms. The van der Waals surface area contributed by atoms with Gasteiger partial charge in [-0.05, 0) is 0 Å². The minimum atomic E-state index is -0.383. The van der Waals surface area contributed by atoms with Crippen LogP contribution in [-0.2, 0) is 0 Å². The second-order valence-corrected chi connectivity index (χ2v) is 2.36. The molecule has 0 atom stereocenters. The minimum Gasteiger partial charge on any atom is -0.311 e. The van der Waals surface area contributed by atoms with Crippen molar-refractivity contribution >= 4 is 0 Å². The smallest absolute Gasteiger partial charge is 0.132 e. The summed E-state index contributed by atoms with van der Waals surface area (Å²) >= 11 is 0. The highest BCUT2D eigenvalue weighted by Crippen LogP contribution is 2.07. The summed E-state index contributed by atoms with van der Waals surface area (Å²) in [4.78, 5) is 0. The van der Waals surface area contributed by atoms with E-state index in [4.69, 9.17) is 11.7 Å². The molecule has 0 aliphatic carbocycles. The van der Waals surface area contributed by atoms with Crippen LogP contribution >= 0.6 is 0 Å². The first-order valence-corrected chi connectivity index (χ1v) is 3.13. The van der Waals surface area contributed by atoms with Gasteiger partial charge in [-0.15, -0.1) is 6.42 Å². The fraction of sp³-hybridized carbons (Fsp3) is 0.571. The van der Waals surface area contributed by atoms with Crippen molar-refractivity contribution in [2.24, 2.45) is 0 Å². The van der Waals surface area contributed by atoms with Gasteiger partial charge in [0.15, 0.2) is 0 Å². The van der Waals surface area contributed by atoms with Crippen molar-refractivity contribution in [3.63, 3.8) is 0 Å². The fourth-order valence-corrected chi connectivity index (χ4v) is 0.839. The van der Waals surface area contributed by atoms with Gasteiger partial charge in [-0.2, -0.15) is 5.26 Å². The van der Waals surface area contributed by atoms with Gasteiger partial charge in [-0.1, -0.05) is 5.92 Å². The molecule has 1 saturated heterocycles. The fourth-order valence-electron chi connectivity index (χ4n) is 0.839. The molecule has 0 aromatic rings. The third kappa shape index (κ3) is 1.11. The zero-order valence-corrected chi connectivity index (χ0v) is 5.65. The van der Waals surface area contributed by atoms with Crippen molar-refractivity contribution in [2.75, 3.05) is 19.6 Å². The molecule has 0 spiro atoms. The normalized spacial score (nSPS) is 20.2. The highest BCUT2D eigenvalue weighted by Gasteiger charge is 2.35. The van der Waals surface area contributed by atoms with Crippen molar-refractivity contribution in [3.05, 3.63) is 0 Å². The zero-order valence-electron chi connectivity index (χ0n) is 5.65. The summed E-state index contributed by atoms with van der Waals surface area (Å²) in [5, 5.41) is 14.6. The van der Waals surface area contributed by atoms with E-state index in [0.29, 0.717) is 19.6 Å². The topological polar surface area (TPSA) is 47.9 Å². The Bertz CT molecular complexity index is 192. The van der Waals surface area contributed by atoms with Gasteiger partial charge in [-0.3, -0.25) is 5.32 Å². The maximum Gasteiger partial charge on any atom is 0.132 e. The van der Waals surface area contributed by atoms with E-state index in [1.54, 1.807) is 0 Å². The van der Waals surface area contributed by atoms with E-state index in [1.807, 2.05) is 0 Å². The lowest BCUT2D eigenvalue weighted by atomic mass is 9.95. The number of hydrogen-bond acceptors (Lipinski definition) is 3. The molecular formula is C7H9N3. The van der Waals surface area contributed by atoms with Crippen LogP contribution < -0.4 is 10.6 Å². The van der Waals surface area contributed by atoms with Crippen LogP contribution in [0.3, 0.4) is 0 Å². The molecule has 1 aliphatic rings. The molecule has 0 amide bonds. The Labute approximate surface area is 60.4 Å². The lowest BCUT2D eigenvalue weighted by Gasteiger charge is -2.36. The average Bonchev–Trinajstić information content (AvgIpc) is 1.87. The molecule has 10 heavy (non-hydrogen) atoms. The molecule has 0 aromatic carbocycles. The molecule has 52 valence electrons. The first-order chi connectivity index (χ1) is 4.83. The summed E-state index contributed by atoms with van der Waals surface area (Å²) in [6, 6.07) is 2.18. The van der Waals surface area contributed by atoms with Crippen molar-refractivity contribution in [1.82, 2.24) is 10.6 Å². The summed E-state index contributed by atoms with van der Waals surface area (Å²) in [5.41, 5.74) is -0.383. The van der Waals surface area contributed by atoms with Crippen LogP contribution in [0.15, 0.2) is 0 Å². The number of nitrogens with one attached hydrogen (secondary N) is 2. The Morgan fingerprint density at radius 1 is 1.70 bits per heavy atom. The Kier molecular flexibility index (Phi) is 1.91. The molecule has 1 rings (SSSR count). The highest BCUT2D eigenvalue weighted by atomic mass is 15.1. The number of nitriles is 1. The monoisotopic (exact) mass is 135 g/mol. The van der Waals surface area contributed by atoms with Crippen molar-refractivity contribution < 1.29 is 0 Å². The third-order valence-electron chi connectivity index (χ3n) is 1.60. The lowest BCUT2D eigenvalue weighted by molar-refractivity contribution is 0.296. The molecule has 0 unspecified atom stereocenters. The van der Waals surface area contributed by atoms with E-state index in [-0.39, 0.29) is 5.54 Å². The number of rotatable bonds is 2. The quantitative estimate of drug-likeness (QED) is 0.481. The van der Waals surface area contributed by atoms with Crippen LogP contribution in [-0.4, -0.2) is 25.2 Å². The molecule has 2 N–H and O–H groups in total. The molecule has 0 saturated carbocycles. The van der Waals surface area contributed by atoms with Crippen molar-refractivity contribution in [2.45, 2.75) is 5.54 Å². The van der Waals surface area contributed by atoms with Crippen LogP contribution in [0.2, 0.25) is 0 Å². The lowest BCUT2D eigenvalue weighted by Crippen LogP contribution is -2.66. The van der Waals surface area contributed by atoms with E-state index >= 15 is 0 Å². The molecule has 3 heteroatoms. The minimum absolute atomic E-state index is 0.383. The van der Waals surface area contributed by atoms with Gasteiger partial charge in [0.05, 0.1) is 12.6 Å². The van der Waals surface area contributed by atoms with Crippen LogP contribution in [0.1, 0.15) is 0 Å². The van der Waals surface area contributed by atoms with E-state index in [2.05, 4.69) is 22.6 Å². The first kappa shape index (κ1) is 7.08. The first-order valence-electron chi connectivity index (χ1n) is 3.13. The number of nitrogens with zero attached hydrogens (tertiary/aromatic N) is 1. The Morgan fingerprint density at radius 3 is 2.70 bits per heavy atom. The van der Waals surface area contributed by atoms with Crippen LogP contribution in [0.5, 0.6) is 0 Å². The predicted molar refractivity (Wildman–Crippen MR) is 38.0 cm³/mol. The van der Waals surface area contributed by atoms with Gasteiger partial charge >= 0.3 is 0 Å². The predicted octanol–water partition coefficient (Wildman–Crippen LogP) is -0.925. The second-order valence-electron chi connectivity index (χ2n) is 2.36. The second kappa shape index (κ2) is 2.70. The van der Waals surface area contributed by atoms with Crippen LogP contribution in [0, 0.1) is 23.7 Å². The maximum atomic E-state index is 8.64. The molecule has 0 aromatic heterocycles. The zero-order chi connectivity index (χ0) is 7.45. The Morgan fingerprint density at radius 2 is 2.40 bits per heavy atom. The van der Waals surface area contributed by atoms with Crippen LogP contribution in [0.25, 0.3) is 0 Å². The molecule has 1 fully saturated rings. The summed E-state index contributed by atoms with van der Waals surface area (Å²) < 4.78 is 0. The number of terminal acetylenes is 1. The van der Waals surface area contributed by atoms with Gasteiger partial charge in [0.2, 0.25) is 0 Å². The number of hydrogen-bond donors (Lipinski definition) is 2. The summed E-state index contributed by atoms with van der Waals surface area (Å²) in [6.45, 7) is 1.87. The van der Waals surface area contributed by atoms with Gasteiger partial charge < -0.3 is 5.32 Å². The van der Waals surface area contributed by atoms with Crippen LogP contribution in [0.4, 0.5) is 0 Å². The van der Waals surface area contributed by atoms with Gasteiger partial charge in [0.25, 0.3) is 0 Å². The average molecular weight is 135 g/mol. The third-order valence-corrected chi connectivity index (χ3v) is 1.60. The van der Waals surface area contributed by atoms with Gasteiger partial charge in [0, 0.05) is 13.1 Å². The van der Waals surface area contributed by atoms with E-state index in [1.165, 1.54) is 0 Å². The van der Waals surface area contributed by atoms with Gasteiger partial charge in [0.1, 0.15) is 5.54 Å². The summed E-state index contributed by atoms with van der Waals surface area (Å²) in [7, 11) is 0. The standard InChI is InChI=1S/C7H9N3/c1-2-3-10-7(4-8)5-9-6-7/h1,9-10H,3,5-6H2. The van der Waals surface area contributed by atoms with E-state index in [0.717, 1.165) is 0 Å². The SMILES string of the molecule is C#CCNC1(C#N)CNC1. The van der Waals surface area contributed by atoms with E-state index in [9.17, 15) is 0 Å². The largest absolute Gasteiger partial charge is 0.311 e. The summed E-state index contributed by atoms with van der Waals surface area (Å²) in [6.07, 6.45) is 5.03. The highest BCUT2D eigenvalue weighted by molar-refractivity contribution is 5.17. The Balaban J connectivity index is 2.37. The van der Waals surface area contributed by atoms with Gasteiger partial charge in [-0.25, -0.2) is 0 Å². The van der Waals surface area contributed by atoms with Crippen molar-refractivity contribution in [1.29, 1.82) is 5.26 Å². The Hall–Kier alpha value is -1.03.